The molecule has 0 radical (unpaired) electrons. The molecule has 6 heteroatoms. The number of aryl methyl sites for hydroxylation is 1. The molecule has 20 heavy (non-hydrogen) atoms. The van der Waals surface area contributed by atoms with Gasteiger partial charge in [-0.25, -0.2) is 4.98 Å². The number of hydrogen-bond donors (Lipinski definition) is 0. The number of benzene rings is 1. The number of nitriles is 1. The molecule has 100 valence electrons. The highest BCUT2D eigenvalue weighted by Crippen LogP contribution is 2.09. The molecule has 2 rings (SSSR count). The predicted octanol–water partition coefficient (Wildman–Crippen LogP) is 3.05. The Kier molecular flexibility index (Phi) is 4.76. The molecule has 0 bridgehead atoms. The quantitative estimate of drug-likeness (QED) is 0.348. The number of imidazole rings is 1. The first-order valence-electron chi connectivity index (χ1n) is 6.32. The van der Waals surface area contributed by atoms with Gasteiger partial charge in [0.25, 0.3) is 0 Å². The molecule has 6 nitrogen and oxygen atoms in total. The highest BCUT2D eigenvalue weighted by molar-refractivity contribution is 5.31. The van der Waals surface area contributed by atoms with Crippen molar-refractivity contribution in [2.75, 3.05) is 6.54 Å². The van der Waals surface area contributed by atoms with E-state index in [2.05, 4.69) is 25.6 Å². The lowest BCUT2D eigenvalue weighted by molar-refractivity contribution is 0.707. The second kappa shape index (κ2) is 6.98. The van der Waals surface area contributed by atoms with Crippen molar-refractivity contribution in [1.29, 1.82) is 5.26 Å². The maximum atomic E-state index is 8.77. The summed E-state index contributed by atoms with van der Waals surface area (Å²) in [5.74, 6) is 0. The highest BCUT2D eigenvalue weighted by atomic mass is 15.1. The summed E-state index contributed by atoms with van der Waals surface area (Å²) in [5, 5.41) is 12.3. The van der Waals surface area contributed by atoms with E-state index in [-0.39, 0.29) is 0 Å². The lowest BCUT2D eigenvalue weighted by atomic mass is 10.1. The summed E-state index contributed by atoms with van der Waals surface area (Å²) >= 11 is 0. The Morgan fingerprint density at radius 2 is 2.15 bits per heavy atom. The van der Waals surface area contributed by atoms with E-state index >= 15 is 0 Å². The van der Waals surface area contributed by atoms with Crippen molar-refractivity contribution in [2.45, 2.75) is 19.4 Å². The van der Waals surface area contributed by atoms with Gasteiger partial charge in [-0.2, -0.15) is 5.26 Å². The van der Waals surface area contributed by atoms with E-state index in [1.807, 2.05) is 30.5 Å². The fourth-order valence-corrected chi connectivity index (χ4v) is 1.96. The Labute approximate surface area is 116 Å². The summed E-state index contributed by atoms with van der Waals surface area (Å²) in [7, 11) is 0. The third-order valence-electron chi connectivity index (χ3n) is 2.99. The molecule has 0 saturated heterocycles. The molecule has 0 saturated carbocycles. The van der Waals surface area contributed by atoms with E-state index in [1.165, 1.54) is 0 Å². The standard InChI is InChI=1S/C14H14N6/c15-8-12-3-5-13(6-4-12)10-20-11-17-9-14(20)2-1-7-18-19-16/h3-6,9,11H,1-2,7,10H2. The van der Waals surface area contributed by atoms with Crippen molar-refractivity contribution in [3.8, 4) is 6.07 Å². The molecule has 0 aliphatic heterocycles. The van der Waals surface area contributed by atoms with Gasteiger partial charge in [0.2, 0.25) is 0 Å². The van der Waals surface area contributed by atoms with Crippen LogP contribution < -0.4 is 0 Å². The fraction of sp³-hybridized carbons (Fsp3) is 0.286. The van der Waals surface area contributed by atoms with Crippen LogP contribution in [-0.4, -0.2) is 16.1 Å². The van der Waals surface area contributed by atoms with Gasteiger partial charge in [-0.05, 0) is 36.1 Å². The second-order valence-electron chi connectivity index (χ2n) is 4.38. The van der Waals surface area contributed by atoms with Crippen LogP contribution >= 0.6 is 0 Å². The molecule has 0 fully saturated rings. The van der Waals surface area contributed by atoms with Crippen molar-refractivity contribution >= 4 is 0 Å². The summed E-state index contributed by atoms with van der Waals surface area (Å²) in [4.78, 5) is 6.90. The molecule has 0 aliphatic carbocycles. The Morgan fingerprint density at radius 1 is 1.35 bits per heavy atom. The van der Waals surface area contributed by atoms with Crippen LogP contribution in [0.2, 0.25) is 0 Å². The van der Waals surface area contributed by atoms with Gasteiger partial charge in [0.05, 0.1) is 18.0 Å². The van der Waals surface area contributed by atoms with E-state index < -0.39 is 0 Å². The normalized spacial score (nSPS) is 9.75. The Bertz CT molecular complexity index is 643. The van der Waals surface area contributed by atoms with E-state index in [0.717, 1.165) is 30.6 Å². The van der Waals surface area contributed by atoms with Gasteiger partial charge in [0.1, 0.15) is 0 Å². The summed E-state index contributed by atoms with van der Waals surface area (Å²) in [6.07, 6.45) is 5.26. The van der Waals surface area contributed by atoms with Crippen molar-refractivity contribution in [1.82, 2.24) is 9.55 Å². The van der Waals surface area contributed by atoms with Gasteiger partial charge in [0, 0.05) is 29.9 Å². The third kappa shape index (κ3) is 3.61. The molecule has 0 spiro atoms. The SMILES string of the molecule is N#Cc1ccc(Cn2cncc2CCCN=[N+]=[N-])cc1. The van der Waals surface area contributed by atoms with Crippen molar-refractivity contribution in [3.05, 3.63) is 64.1 Å². The van der Waals surface area contributed by atoms with Crippen LogP contribution in [0.3, 0.4) is 0 Å². The summed E-state index contributed by atoms with van der Waals surface area (Å²) < 4.78 is 2.07. The Hall–Kier alpha value is -2.77. The number of rotatable bonds is 6. The zero-order valence-corrected chi connectivity index (χ0v) is 11.0. The van der Waals surface area contributed by atoms with Crippen LogP contribution in [0.25, 0.3) is 10.4 Å². The topological polar surface area (TPSA) is 90.4 Å². The summed E-state index contributed by atoms with van der Waals surface area (Å²) in [6, 6.07) is 9.63. The van der Waals surface area contributed by atoms with E-state index in [4.69, 9.17) is 10.8 Å². The van der Waals surface area contributed by atoms with E-state index in [9.17, 15) is 0 Å². The van der Waals surface area contributed by atoms with E-state index in [0.29, 0.717) is 12.1 Å². The lowest BCUT2D eigenvalue weighted by Crippen LogP contribution is -2.03. The van der Waals surface area contributed by atoms with Crippen LogP contribution in [0, 0.1) is 11.3 Å². The zero-order valence-electron chi connectivity index (χ0n) is 11.0. The summed E-state index contributed by atoms with van der Waals surface area (Å²) in [6.45, 7) is 1.22. The van der Waals surface area contributed by atoms with Crippen LogP contribution in [0.5, 0.6) is 0 Å². The van der Waals surface area contributed by atoms with Gasteiger partial charge in [-0.15, -0.1) is 0 Å². The number of nitrogens with zero attached hydrogens (tertiary/aromatic N) is 6. The summed E-state index contributed by atoms with van der Waals surface area (Å²) in [5.41, 5.74) is 11.1. The molecule has 0 unspecified atom stereocenters. The smallest absolute Gasteiger partial charge is 0.0991 e. The van der Waals surface area contributed by atoms with Crippen LogP contribution in [0.4, 0.5) is 0 Å². The first kappa shape index (κ1) is 13.7. The number of azide groups is 1. The molecule has 0 atom stereocenters. The minimum absolute atomic E-state index is 0.499. The highest BCUT2D eigenvalue weighted by Gasteiger charge is 2.03. The first-order chi connectivity index (χ1) is 9.83. The number of hydrogen-bond acceptors (Lipinski definition) is 3. The molecule has 0 amide bonds. The molecular weight excluding hydrogens is 252 g/mol. The van der Waals surface area contributed by atoms with Crippen LogP contribution in [0.15, 0.2) is 41.9 Å². The maximum absolute atomic E-state index is 8.77. The average Bonchev–Trinajstić information content (AvgIpc) is 2.92. The zero-order chi connectivity index (χ0) is 14.2. The van der Waals surface area contributed by atoms with Crippen molar-refractivity contribution < 1.29 is 0 Å². The molecule has 0 N–H and O–H groups in total. The third-order valence-corrected chi connectivity index (χ3v) is 2.99. The molecule has 1 heterocycles. The largest absolute Gasteiger partial charge is 0.330 e. The first-order valence-corrected chi connectivity index (χ1v) is 6.32. The number of aromatic nitrogens is 2. The fourth-order valence-electron chi connectivity index (χ4n) is 1.96. The lowest BCUT2D eigenvalue weighted by Gasteiger charge is -2.07. The predicted molar refractivity (Wildman–Crippen MR) is 74.8 cm³/mol. The molecule has 1 aromatic carbocycles. The average molecular weight is 266 g/mol. The van der Waals surface area contributed by atoms with Gasteiger partial charge in [-0.3, -0.25) is 0 Å². The van der Waals surface area contributed by atoms with Gasteiger partial charge in [0.15, 0.2) is 0 Å². The molecule has 1 aromatic heterocycles. The monoisotopic (exact) mass is 266 g/mol. The Morgan fingerprint density at radius 3 is 2.85 bits per heavy atom. The van der Waals surface area contributed by atoms with Gasteiger partial charge in [-0.1, -0.05) is 17.2 Å². The molecule has 2 aromatic rings. The minimum Gasteiger partial charge on any atom is -0.330 e. The molecule has 0 aliphatic rings. The van der Waals surface area contributed by atoms with Crippen LogP contribution in [0.1, 0.15) is 23.2 Å². The van der Waals surface area contributed by atoms with E-state index in [1.54, 1.807) is 6.33 Å². The van der Waals surface area contributed by atoms with Crippen molar-refractivity contribution in [3.63, 3.8) is 0 Å². The second-order valence-corrected chi connectivity index (χ2v) is 4.38. The van der Waals surface area contributed by atoms with Gasteiger partial charge < -0.3 is 4.57 Å². The maximum Gasteiger partial charge on any atom is 0.0991 e. The van der Waals surface area contributed by atoms with Gasteiger partial charge >= 0.3 is 0 Å². The molecular formula is C14H14N6. The van der Waals surface area contributed by atoms with Crippen LogP contribution in [-0.2, 0) is 13.0 Å². The van der Waals surface area contributed by atoms with Crippen molar-refractivity contribution in [2.24, 2.45) is 5.11 Å². The Balaban J connectivity index is 2.00. The minimum atomic E-state index is 0.499.